The molecule has 1 aliphatic rings. The van der Waals surface area contributed by atoms with Crippen LogP contribution in [0, 0.1) is 11.3 Å². The number of nitrogens with zero attached hydrogens (tertiary/aromatic N) is 3. The molecule has 0 fully saturated rings. The van der Waals surface area contributed by atoms with E-state index in [4.69, 9.17) is 0 Å². The van der Waals surface area contributed by atoms with Crippen molar-refractivity contribution in [3.05, 3.63) is 12.4 Å². The van der Waals surface area contributed by atoms with Gasteiger partial charge in [-0.2, -0.15) is 5.26 Å². The highest BCUT2D eigenvalue weighted by molar-refractivity contribution is 5.12. The van der Waals surface area contributed by atoms with Crippen LogP contribution in [0.3, 0.4) is 0 Å². The van der Waals surface area contributed by atoms with Crippen molar-refractivity contribution in [1.82, 2.24) is 9.80 Å². The van der Waals surface area contributed by atoms with E-state index in [2.05, 4.69) is 57.4 Å². The van der Waals surface area contributed by atoms with Gasteiger partial charge in [-0.1, -0.05) is 0 Å². The van der Waals surface area contributed by atoms with E-state index in [1.54, 1.807) is 0 Å². The molecule has 0 N–H and O–H groups in total. The molecular formula is C12H21N3. The molecule has 15 heavy (non-hydrogen) atoms. The van der Waals surface area contributed by atoms with Crippen molar-refractivity contribution in [3.63, 3.8) is 0 Å². The van der Waals surface area contributed by atoms with Crippen molar-refractivity contribution in [1.29, 1.82) is 5.26 Å². The zero-order valence-electron chi connectivity index (χ0n) is 10.6. The van der Waals surface area contributed by atoms with E-state index < -0.39 is 0 Å². The van der Waals surface area contributed by atoms with Crippen molar-refractivity contribution >= 4 is 0 Å². The Morgan fingerprint density at radius 3 is 1.47 bits per heavy atom. The van der Waals surface area contributed by atoms with Crippen molar-refractivity contribution < 1.29 is 0 Å². The molecule has 84 valence electrons. The SMILES string of the molecule is CC(C)(C)N1C=CN(C(C)(C)C)C1C#N. The fraction of sp³-hybridized carbons (Fsp3) is 0.750. The number of nitriles is 1. The minimum atomic E-state index is -0.190. The molecule has 3 heteroatoms. The number of hydrogen-bond donors (Lipinski definition) is 0. The van der Waals surface area contributed by atoms with Gasteiger partial charge in [-0.15, -0.1) is 0 Å². The summed E-state index contributed by atoms with van der Waals surface area (Å²) in [4.78, 5) is 4.19. The second-order valence-electron chi connectivity index (χ2n) is 5.96. The molecule has 0 saturated carbocycles. The fourth-order valence-corrected chi connectivity index (χ4v) is 1.75. The van der Waals surface area contributed by atoms with Crippen LogP contribution >= 0.6 is 0 Å². The van der Waals surface area contributed by atoms with Gasteiger partial charge < -0.3 is 9.80 Å². The highest BCUT2D eigenvalue weighted by Gasteiger charge is 2.37. The van der Waals surface area contributed by atoms with E-state index in [9.17, 15) is 5.26 Å². The highest BCUT2D eigenvalue weighted by atomic mass is 15.4. The predicted octanol–water partition coefficient (Wildman–Crippen LogP) is 2.52. The Balaban J connectivity index is 2.96. The zero-order chi connectivity index (χ0) is 11.9. The smallest absolute Gasteiger partial charge is 0.192 e. The van der Waals surface area contributed by atoms with Gasteiger partial charge in [-0.3, -0.25) is 0 Å². The lowest BCUT2D eigenvalue weighted by Crippen LogP contribution is -2.51. The first-order valence-corrected chi connectivity index (χ1v) is 5.33. The third kappa shape index (κ3) is 2.26. The lowest BCUT2D eigenvalue weighted by atomic mass is 10.0. The van der Waals surface area contributed by atoms with Gasteiger partial charge in [0.2, 0.25) is 0 Å². The van der Waals surface area contributed by atoms with Crippen molar-refractivity contribution in [2.24, 2.45) is 0 Å². The maximum atomic E-state index is 9.26. The van der Waals surface area contributed by atoms with Gasteiger partial charge in [0.1, 0.15) is 6.07 Å². The summed E-state index contributed by atoms with van der Waals surface area (Å²) in [5.74, 6) is 0. The molecule has 0 spiro atoms. The third-order valence-electron chi connectivity index (χ3n) is 2.58. The van der Waals surface area contributed by atoms with Crippen LogP contribution < -0.4 is 0 Å². The van der Waals surface area contributed by atoms with Crippen molar-refractivity contribution in [3.8, 4) is 6.07 Å². The van der Waals surface area contributed by atoms with Crippen LogP contribution in [0.4, 0.5) is 0 Å². The summed E-state index contributed by atoms with van der Waals surface area (Å²) >= 11 is 0. The molecule has 0 radical (unpaired) electrons. The summed E-state index contributed by atoms with van der Waals surface area (Å²) in [5, 5.41) is 9.26. The van der Waals surface area contributed by atoms with Gasteiger partial charge in [0.15, 0.2) is 6.17 Å². The molecule has 3 nitrogen and oxygen atoms in total. The molecule has 0 aromatic carbocycles. The van der Waals surface area contributed by atoms with Crippen LogP contribution in [0.25, 0.3) is 0 Å². The minimum absolute atomic E-state index is 0.0170. The topological polar surface area (TPSA) is 30.3 Å². The minimum Gasteiger partial charge on any atom is -0.340 e. The summed E-state index contributed by atoms with van der Waals surface area (Å²) < 4.78 is 0. The summed E-state index contributed by atoms with van der Waals surface area (Å²) in [5.41, 5.74) is -0.0339. The zero-order valence-corrected chi connectivity index (χ0v) is 10.6. The molecule has 0 atom stereocenters. The van der Waals surface area contributed by atoms with E-state index in [-0.39, 0.29) is 17.2 Å². The van der Waals surface area contributed by atoms with Gasteiger partial charge in [0, 0.05) is 23.5 Å². The number of rotatable bonds is 0. The van der Waals surface area contributed by atoms with Crippen LogP contribution in [0.1, 0.15) is 41.5 Å². The largest absolute Gasteiger partial charge is 0.340 e. The average Bonchev–Trinajstić information content (AvgIpc) is 2.43. The molecule has 0 aromatic rings. The monoisotopic (exact) mass is 207 g/mol. The van der Waals surface area contributed by atoms with E-state index in [0.29, 0.717) is 0 Å². The Morgan fingerprint density at radius 2 is 1.27 bits per heavy atom. The molecule has 0 bridgehead atoms. The predicted molar refractivity (Wildman–Crippen MR) is 61.7 cm³/mol. The molecular weight excluding hydrogens is 186 g/mol. The normalized spacial score (nSPS) is 18.5. The Labute approximate surface area is 93.0 Å². The van der Waals surface area contributed by atoms with Gasteiger partial charge in [0.05, 0.1) is 0 Å². The molecule has 0 amide bonds. The number of hydrogen-bond acceptors (Lipinski definition) is 3. The Kier molecular flexibility index (Phi) is 2.73. The standard InChI is InChI=1S/C12H21N3/c1-11(2,3)14-7-8-15(10(14)9-13)12(4,5)6/h7-8,10H,1-6H3. The van der Waals surface area contributed by atoms with Gasteiger partial charge >= 0.3 is 0 Å². The molecule has 0 aromatic heterocycles. The fourth-order valence-electron chi connectivity index (χ4n) is 1.75. The summed E-state index contributed by atoms with van der Waals surface area (Å²) in [7, 11) is 0. The quantitative estimate of drug-likeness (QED) is 0.611. The second kappa shape index (κ2) is 3.44. The molecule has 0 aliphatic carbocycles. The van der Waals surface area contributed by atoms with Gasteiger partial charge in [-0.25, -0.2) is 0 Å². The van der Waals surface area contributed by atoms with Crippen LogP contribution in [0.15, 0.2) is 12.4 Å². The summed E-state index contributed by atoms with van der Waals surface area (Å²) in [6, 6.07) is 2.37. The van der Waals surface area contributed by atoms with Crippen molar-refractivity contribution in [2.45, 2.75) is 58.8 Å². The lowest BCUT2D eigenvalue weighted by molar-refractivity contribution is 0.0665. The lowest BCUT2D eigenvalue weighted by Gasteiger charge is -2.41. The van der Waals surface area contributed by atoms with E-state index in [1.807, 2.05) is 12.4 Å². The van der Waals surface area contributed by atoms with E-state index >= 15 is 0 Å². The maximum Gasteiger partial charge on any atom is 0.192 e. The first-order chi connectivity index (χ1) is 6.68. The molecule has 1 heterocycles. The van der Waals surface area contributed by atoms with Crippen LogP contribution in [0.5, 0.6) is 0 Å². The molecule has 0 unspecified atom stereocenters. The molecule has 1 rings (SSSR count). The van der Waals surface area contributed by atoms with Crippen LogP contribution in [-0.2, 0) is 0 Å². The van der Waals surface area contributed by atoms with Gasteiger partial charge in [0.25, 0.3) is 0 Å². The average molecular weight is 207 g/mol. The third-order valence-corrected chi connectivity index (χ3v) is 2.58. The summed E-state index contributed by atoms with van der Waals surface area (Å²) in [6.07, 6.45) is 3.84. The Morgan fingerprint density at radius 1 is 0.933 bits per heavy atom. The molecule has 1 aliphatic heterocycles. The van der Waals surface area contributed by atoms with Crippen molar-refractivity contribution in [2.75, 3.05) is 0 Å². The molecule has 0 saturated heterocycles. The Bertz CT molecular complexity index is 274. The highest BCUT2D eigenvalue weighted by Crippen LogP contribution is 2.30. The Hall–Kier alpha value is -1.17. The summed E-state index contributed by atoms with van der Waals surface area (Å²) in [6.45, 7) is 12.7. The van der Waals surface area contributed by atoms with Gasteiger partial charge in [-0.05, 0) is 41.5 Å². The van der Waals surface area contributed by atoms with E-state index in [0.717, 1.165) is 0 Å². The first kappa shape index (κ1) is 11.9. The van der Waals surface area contributed by atoms with Crippen LogP contribution in [0.2, 0.25) is 0 Å². The maximum absolute atomic E-state index is 9.26. The van der Waals surface area contributed by atoms with Crippen LogP contribution in [-0.4, -0.2) is 27.0 Å². The first-order valence-electron chi connectivity index (χ1n) is 5.33. The van der Waals surface area contributed by atoms with E-state index in [1.165, 1.54) is 0 Å². The second-order valence-corrected chi connectivity index (χ2v) is 5.96.